The van der Waals surface area contributed by atoms with Crippen molar-refractivity contribution in [3.05, 3.63) is 131 Å². The lowest BCUT2D eigenvalue weighted by molar-refractivity contribution is 0.194. The molecule has 39 heavy (non-hydrogen) atoms. The molecule has 5 aromatic rings. The van der Waals surface area contributed by atoms with Gasteiger partial charge in [0.2, 0.25) is 0 Å². The van der Waals surface area contributed by atoms with Crippen molar-refractivity contribution < 1.29 is 9.18 Å². The summed E-state index contributed by atoms with van der Waals surface area (Å²) in [6, 6.07) is 27.8. The molecule has 3 aromatic carbocycles. The molecule has 0 saturated heterocycles. The molecule has 0 spiro atoms. The minimum absolute atomic E-state index is 0.314. The van der Waals surface area contributed by atoms with Crippen LogP contribution in [0.5, 0.6) is 0 Å². The number of urea groups is 1. The summed E-state index contributed by atoms with van der Waals surface area (Å²) >= 11 is 0. The fourth-order valence-electron chi connectivity index (χ4n) is 5.32. The Hall–Kier alpha value is -4.65. The van der Waals surface area contributed by atoms with Crippen LogP contribution in [0.3, 0.4) is 0 Å². The molecule has 0 fully saturated rings. The van der Waals surface area contributed by atoms with Gasteiger partial charge in [0, 0.05) is 17.4 Å². The van der Waals surface area contributed by atoms with Gasteiger partial charge in [0.15, 0.2) is 0 Å². The zero-order valence-corrected chi connectivity index (χ0v) is 22.2. The van der Waals surface area contributed by atoms with Gasteiger partial charge >= 0.3 is 6.03 Å². The maximum absolute atomic E-state index is 14.0. The summed E-state index contributed by atoms with van der Waals surface area (Å²) in [5.74, 6) is 0.900. The second kappa shape index (κ2) is 9.91. The monoisotopic (exact) mass is 519 g/mol. The second-order valence-corrected chi connectivity index (χ2v) is 10.2. The Balaban J connectivity index is 1.52. The number of aryl methyl sites for hydroxylation is 1. The molecule has 0 aliphatic carbocycles. The first-order chi connectivity index (χ1) is 18.9. The number of halogens is 1. The molecule has 6 rings (SSSR count). The third-order valence-corrected chi connectivity index (χ3v) is 7.34. The van der Waals surface area contributed by atoms with E-state index in [0.717, 1.165) is 34.0 Å². The Morgan fingerprint density at radius 3 is 2.46 bits per heavy atom. The Morgan fingerprint density at radius 1 is 0.974 bits per heavy atom. The molecule has 2 aromatic heterocycles. The molecule has 0 saturated carbocycles. The van der Waals surface area contributed by atoms with E-state index in [1.165, 1.54) is 17.7 Å². The van der Waals surface area contributed by atoms with E-state index in [9.17, 15) is 9.18 Å². The topological polar surface area (TPSA) is 55.1 Å². The van der Waals surface area contributed by atoms with E-state index >= 15 is 0 Å². The summed E-state index contributed by atoms with van der Waals surface area (Å²) in [4.78, 5) is 15.8. The number of benzene rings is 3. The first-order valence-electron chi connectivity index (χ1n) is 13.2. The molecule has 196 valence electrons. The Morgan fingerprint density at radius 2 is 1.74 bits per heavy atom. The zero-order valence-electron chi connectivity index (χ0n) is 22.2. The largest absolute Gasteiger partial charge is 0.322 e. The van der Waals surface area contributed by atoms with E-state index in [4.69, 9.17) is 5.10 Å². The van der Waals surface area contributed by atoms with Gasteiger partial charge < -0.3 is 14.8 Å². The van der Waals surface area contributed by atoms with Crippen LogP contribution in [0.15, 0.2) is 97.2 Å². The van der Waals surface area contributed by atoms with Gasteiger partial charge in [-0.3, -0.25) is 0 Å². The molecule has 1 atom stereocenters. The maximum Gasteiger partial charge on any atom is 0.322 e. The summed E-state index contributed by atoms with van der Waals surface area (Å²) in [6.45, 7) is 6.63. The van der Waals surface area contributed by atoms with Crippen LogP contribution in [-0.4, -0.2) is 25.3 Å². The SMILES string of the molecule is Cc1nn(-c2ccccc2)c2c1CN(C(=O)Nc1cccc(F)c1)[C@H](c1ccc(C(C)C)cc1)c1cccn1-2. The lowest BCUT2D eigenvalue weighted by Crippen LogP contribution is -2.38. The highest BCUT2D eigenvalue weighted by Gasteiger charge is 2.36. The van der Waals surface area contributed by atoms with Crippen molar-refractivity contribution in [3.8, 4) is 11.5 Å². The van der Waals surface area contributed by atoms with Gasteiger partial charge in [-0.25, -0.2) is 13.9 Å². The molecule has 7 heteroatoms. The fourth-order valence-corrected chi connectivity index (χ4v) is 5.32. The van der Waals surface area contributed by atoms with Gasteiger partial charge in [-0.1, -0.05) is 62.4 Å². The van der Waals surface area contributed by atoms with Crippen LogP contribution in [0.25, 0.3) is 11.5 Å². The van der Waals surface area contributed by atoms with E-state index < -0.39 is 5.82 Å². The average molecular weight is 520 g/mol. The number of hydrogen-bond acceptors (Lipinski definition) is 2. The quantitative estimate of drug-likeness (QED) is 0.270. The number of fused-ring (bicyclic) bond motifs is 3. The lowest BCUT2D eigenvalue weighted by atomic mass is 9.97. The van der Waals surface area contributed by atoms with Crippen LogP contribution in [0.2, 0.25) is 0 Å². The smallest absolute Gasteiger partial charge is 0.308 e. The number of para-hydroxylation sites is 1. The van der Waals surface area contributed by atoms with Gasteiger partial charge in [0.25, 0.3) is 0 Å². The molecule has 3 heterocycles. The highest BCUT2D eigenvalue weighted by Crippen LogP contribution is 2.39. The molecule has 1 aliphatic heterocycles. The second-order valence-electron chi connectivity index (χ2n) is 10.2. The van der Waals surface area contributed by atoms with Crippen molar-refractivity contribution in [2.75, 3.05) is 5.32 Å². The fraction of sp³-hybridized carbons (Fsp3) is 0.188. The van der Waals surface area contributed by atoms with Crippen LogP contribution in [0, 0.1) is 12.7 Å². The number of amides is 2. The summed E-state index contributed by atoms with van der Waals surface area (Å²) in [5.41, 5.74) is 6.31. The Kier molecular flexibility index (Phi) is 6.27. The Labute approximate surface area is 227 Å². The van der Waals surface area contributed by atoms with Crippen molar-refractivity contribution in [1.82, 2.24) is 19.2 Å². The maximum atomic E-state index is 14.0. The van der Waals surface area contributed by atoms with Gasteiger partial charge in [0.05, 0.1) is 29.7 Å². The number of nitrogens with zero attached hydrogens (tertiary/aromatic N) is 4. The number of aromatic nitrogens is 3. The van der Waals surface area contributed by atoms with Gasteiger partial charge in [-0.15, -0.1) is 0 Å². The van der Waals surface area contributed by atoms with Crippen molar-refractivity contribution in [2.24, 2.45) is 0 Å². The third kappa shape index (κ3) is 4.50. The van der Waals surface area contributed by atoms with E-state index in [0.29, 0.717) is 18.2 Å². The molecule has 0 radical (unpaired) electrons. The molecule has 1 aliphatic rings. The van der Waals surface area contributed by atoms with Crippen LogP contribution in [-0.2, 0) is 6.54 Å². The number of rotatable bonds is 4. The summed E-state index contributed by atoms with van der Waals surface area (Å²) in [7, 11) is 0. The summed E-state index contributed by atoms with van der Waals surface area (Å²) in [6.07, 6.45) is 2.03. The van der Waals surface area contributed by atoms with E-state index in [2.05, 4.69) is 54.1 Å². The van der Waals surface area contributed by atoms with Crippen LogP contribution in [0.4, 0.5) is 14.9 Å². The van der Waals surface area contributed by atoms with E-state index in [1.807, 2.05) is 59.1 Å². The average Bonchev–Trinajstić information content (AvgIpc) is 3.49. The van der Waals surface area contributed by atoms with Crippen molar-refractivity contribution >= 4 is 11.7 Å². The van der Waals surface area contributed by atoms with Gasteiger partial charge in [0.1, 0.15) is 11.6 Å². The highest BCUT2D eigenvalue weighted by atomic mass is 19.1. The van der Waals surface area contributed by atoms with Crippen molar-refractivity contribution in [1.29, 1.82) is 0 Å². The normalized spacial score (nSPS) is 14.6. The first kappa shape index (κ1) is 24.7. The van der Waals surface area contributed by atoms with Crippen molar-refractivity contribution in [3.63, 3.8) is 0 Å². The predicted octanol–water partition coefficient (Wildman–Crippen LogP) is 7.37. The van der Waals surface area contributed by atoms with E-state index in [-0.39, 0.29) is 12.1 Å². The number of nitrogens with one attached hydrogen (secondary N) is 1. The minimum Gasteiger partial charge on any atom is -0.308 e. The minimum atomic E-state index is -0.402. The van der Waals surface area contributed by atoms with Crippen LogP contribution >= 0.6 is 0 Å². The number of hydrogen-bond donors (Lipinski definition) is 1. The lowest BCUT2D eigenvalue weighted by Gasteiger charge is -2.31. The number of carbonyl (C=O) groups excluding carboxylic acids is 1. The third-order valence-electron chi connectivity index (χ3n) is 7.34. The molecule has 6 nitrogen and oxygen atoms in total. The van der Waals surface area contributed by atoms with Crippen molar-refractivity contribution in [2.45, 2.75) is 39.3 Å². The molecule has 2 amide bonds. The zero-order chi connectivity index (χ0) is 27.1. The van der Waals surface area contributed by atoms with Gasteiger partial charge in [-0.05, 0) is 66.4 Å². The Bertz CT molecular complexity index is 1640. The van der Waals surface area contributed by atoms with Crippen LogP contribution in [0.1, 0.15) is 53.9 Å². The molecular formula is C32H30FN5O. The number of anilines is 1. The summed E-state index contributed by atoms with van der Waals surface area (Å²) < 4.78 is 18.0. The van der Waals surface area contributed by atoms with E-state index in [1.54, 1.807) is 12.1 Å². The molecular weight excluding hydrogens is 489 g/mol. The molecule has 0 bridgehead atoms. The highest BCUT2D eigenvalue weighted by molar-refractivity contribution is 5.90. The first-order valence-corrected chi connectivity index (χ1v) is 13.2. The summed E-state index contributed by atoms with van der Waals surface area (Å²) in [5, 5.41) is 7.82. The van der Waals surface area contributed by atoms with Crippen LogP contribution < -0.4 is 5.32 Å². The molecule has 1 N–H and O–H groups in total. The van der Waals surface area contributed by atoms with Gasteiger partial charge in [-0.2, -0.15) is 5.10 Å². The number of carbonyl (C=O) groups is 1. The predicted molar refractivity (Wildman–Crippen MR) is 151 cm³/mol. The molecule has 0 unspecified atom stereocenters. The standard InChI is InChI=1S/C32H30FN5O/c1-21(2)23-14-16-24(17-15-23)30-29-13-8-18-36(29)31-28(22(3)35-38(31)27-11-5-4-6-12-27)20-37(30)32(39)34-26-10-7-9-25(33)19-26/h4-19,21,30H,20H2,1-3H3,(H,34,39)/t30-/m1/s1.